The van der Waals surface area contributed by atoms with Gasteiger partial charge in [0.05, 0.1) is 16.7 Å². The van der Waals surface area contributed by atoms with E-state index < -0.39 is 0 Å². The lowest BCUT2D eigenvalue weighted by Crippen LogP contribution is -1.94. The maximum Gasteiger partial charge on any atom is 0.302 e. The Balaban J connectivity index is 2.06. The Morgan fingerprint density at radius 1 is 1.22 bits per heavy atom. The summed E-state index contributed by atoms with van der Waals surface area (Å²) in [5, 5.41) is 0.558. The molecule has 5 heteroatoms. The summed E-state index contributed by atoms with van der Waals surface area (Å²) in [5.41, 5.74) is 1.76. The van der Waals surface area contributed by atoms with Crippen molar-refractivity contribution in [3.05, 3.63) is 47.7 Å². The van der Waals surface area contributed by atoms with Crippen LogP contribution in [-0.4, -0.2) is 14.5 Å². The van der Waals surface area contributed by atoms with Crippen molar-refractivity contribution in [2.75, 3.05) is 0 Å². The van der Waals surface area contributed by atoms with Crippen LogP contribution in [0.5, 0.6) is 11.8 Å². The molecule has 0 aliphatic carbocycles. The third-order valence-electron chi connectivity index (χ3n) is 2.68. The third kappa shape index (κ3) is 1.80. The quantitative estimate of drug-likeness (QED) is 0.708. The van der Waals surface area contributed by atoms with Crippen LogP contribution in [0, 0.1) is 0 Å². The molecule has 0 unspecified atom stereocenters. The highest BCUT2D eigenvalue weighted by molar-refractivity contribution is 6.32. The summed E-state index contributed by atoms with van der Waals surface area (Å²) in [5.74, 6) is 0.588. The number of benzene rings is 1. The van der Waals surface area contributed by atoms with E-state index in [0.717, 1.165) is 11.0 Å². The van der Waals surface area contributed by atoms with Gasteiger partial charge in [0.15, 0.2) is 0 Å². The van der Waals surface area contributed by atoms with Crippen molar-refractivity contribution in [1.29, 1.82) is 0 Å². The van der Waals surface area contributed by atoms with Gasteiger partial charge in [-0.1, -0.05) is 23.7 Å². The Labute approximate surface area is 109 Å². The molecule has 0 spiro atoms. The van der Waals surface area contributed by atoms with E-state index in [-0.39, 0.29) is 0 Å². The van der Waals surface area contributed by atoms with Crippen molar-refractivity contribution in [3.63, 3.8) is 0 Å². The standard InChI is InChI=1S/C13H10ClN3O/c1-17-11-6-7-15-8-10(11)16-13(17)18-12-5-3-2-4-9(12)14/h2-8H,1H3. The summed E-state index contributed by atoms with van der Waals surface area (Å²) in [6.45, 7) is 0. The largest absolute Gasteiger partial charge is 0.424 e. The Bertz CT molecular complexity index is 708. The second kappa shape index (κ2) is 4.31. The maximum absolute atomic E-state index is 6.05. The van der Waals surface area contributed by atoms with Crippen LogP contribution >= 0.6 is 11.6 Å². The molecule has 2 heterocycles. The highest BCUT2D eigenvalue weighted by Gasteiger charge is 2.10. The molecule has 1 aromatic carbocycles. The number of rotatable bonds is 2. The molecule has 18 heavy (non-hydrogen) atoms. The zero-order valence-corrected chi connectivity index (χ0v) is 10.4. The molecule has 0 amide bonds. The van der Waals surface area contributed by atoms with E-state index in [2.05, 4.69) is 9.97 Å². The Hall–Kier alpha value is -2.07. The first-order valence-corrected chi connectivity index (χ1v) is 5.82. The maximum atomic E-state index is 6.05. The van der Waals surface area contributed by atoms with Crippen LogP contribution in [0.15, 0.2) is 42.7 Å². The molecule has 0 fully saturated rings. The molecular weight excluding hydrogens is 250 g/mol. The lowest BCUT2D eigenvalue weighted by atomic mass is 10.3. The number of imidazole rings is 1. The van der Waals surface area contributed by atoms with Crippen LogP contribution in [0.3, 0.4) is 0 Å². The van der Waals surface area contributed by atoms with E-state index in [1.165, 1.54) is 0 Å². The molecule has 3 aromatic rings. The van der Waals surface area contributed by atoms with Crippen LogP contribution in [-0.2, 0) is 7.05 Å². The predicted molar refractivity (Wildman–Crippen MR) is 70.0 cm³/mol. The van der Waals surface area contributed by atoms with Crippen LogP contribution in [0.25, 0.3) is 11.0 Å². The van der Waals surface area contributed by atoms with Crippen molar-refractivity contribution >= 4 is 22.6 Å². The molecule has 3 rings (SSSR count). The molecule has 4 nitrogen and oxygen atoms in total. The van der Waals surface area contributed by atoms with Crippen LogP contribution in [0.2, 0.25) is 5.02 Å². The highest BCUT2D eigenvalue weighted by Crippen LogP contribution is 2.29. The SMILES string of the molecule is Cn1c(Oc2ccccc2Cl)nc2cnccc21. The zero-order chi connectivity index (χ0) is 12.5. The average molecular weight is 260 g/mol. The number of fused-ring (bicyclic) bond motifs is 1. The van der Waals surface area contributed by atoms with Crippen LogP contribution in [0.4, 0.5) is 0 Å². The molecule has 0 saturated heterocycles. The molecule has 0 N–H and O–H groups in total. The van der Waals surface area contributed by atoms with Gasteiger partial charge < -0.3 is 4.74 Å². The number of hydrogen-bond donors (Lipinski definition) is 0. The third-order valence-corrected chi connectivity index (χ3v) is 2.99. The molecule has 2 aromatic heterocycles. The van der Waals surface area contributed by atoms with Gasteiger partial charge in [-0.25, -0.2) is 0 Å². The number of aromatic nitrogens is 3. The number of nitrogens with zero attached hydrogens (tertiary/aromatic N) is 3. The first-order chi connectivity index (χ1) is 8.75. The smallest absolute Gasteiger partial charge is 0.302 e. The topological polar surface area (TPSA) is 39.9 Å². The highest BCUT2D eigenvalue weighted by atomic mass is 35.5. The molecule has 0 atom stereocenters. The number of ether oxygens (including phenoxy) is 1. The zero-order valence-electron chi connectivity index (χ0n) is 9.67. The van der Waals surface area contributed by atoms with Gasteiger partial charge in [0.25, 0.3) is 0 Å². The van der Waals surface area contributed by atoms with E-state index >= 15 is 0 Å². The second-order valence-electron chi connectivity index (χ2n) is 3.85. The van der Waals surface area contributed by atoms with Crippen LogP contribution in [0.1, 0.15) is 0 Å². The summed E-state index contributed by atoms with van der Waals surface area (Å²) in [4.78, 5) is 8.40. The van der Waals surface area contributed by atoms with Crippen LogP contribution < -0.4 is 4.74 Å². The van der Waals surface area contributed by atoms with Gasteiger partial charge in [0, 0.05) is 13.2 Å². The van der Waals surface area contributed by atoms with Gasteiger partial charge in [-0.3, -0.25) is 9.55 Å². The van der Waals surface area contributed by atoms with E-state index in [1.807, 2.05) is 29.8 Å². The molecule has 0 aliphatic rings. The summed E-state index contributed by atoms with van der Waals surface area (Å²) in [6.07, 6.45) is 3.43. The predicted octanol–water partition coefficient (Wildman–Crippen LogP) is 3.41. The summed E-state index contributed by atoms with van der Waals surface area (Å²) in [7, 11) is 1.89. The van der Waals surface area contributed by atoms with Crippen molar-refractivity contribution < 1.29 is 4.74 Å². The normalized spacial score (nSPS) is 10.8. The molecule has 90 valence electrons. The number of hydrogen-bond acceptors (Lipinski definition) is 3. The van der Waals surface area contributed by atoms with E-state index in [4.69, 9.17) is 16.3 Å². The van der Waals surface area contributed by atoms with Gasteiger partial charge in [-0.05, 0) is 18.2 Å². The number of aryl methyl sites for hydroxylation is 1. The molecule has 0 saturated carbocycles. The molecule has 0 bridgehead atoms. The minimum Gasteiger partial charge on any atom is -0.424 e. The first-order valence-electron chi connectivity index (χ1n) is 5.44. The molecule has 0 radical (unpaired) electrons. The number of halogens is 1. The number of pyridine rings is 1. The van der Waals surface area contributed by atoms with Crippen molar-refractivity contribution in [3.8, 4) is 11.8 Å². The average Bonchev–Trinajstić information content (AvgIpc) is 2.70. The van der Waals surface area contributed by atoms with E-state index in [0.29, 0.717) is 16.8 Å². The summed E-state index contributed by atoms with van der Waals surface area (Å²) < 4.78 is 7.58. The second-order valence-corrected chi connectivity index (χ2v) is 4.26. The van der Waals surface area contributed by atoms with E-state index in [9.17, 15) is 0 Å². The summed E-state index contributed by atoms with van der Waals surface area (Å²) in [6, 6.07) is 9.69. The van der Waals surface area contributed by atoms with Crippen molar-refractivity contribution in [2.45, 2.75) is 0 Å². The van der Waals surface area contributed by atoms with Gasteiger partial charge in [0.1, 0.15) is 11.3 Å². The lowest BCUT2D eigenvalue weighted by Gasteiger charge is -2.06. The fourth-order valence-electron chi connectivity index (χ4n) is 1.75. The Kier molecular flexibility index (Phi) is 2.64. The first kappa shape index (κ1) is 11.0. The fourth-order valence-corrected chi connectivity index (χ4v) is 1.92. The number of para-hydroxylation sites is 1. The van der Waals surface area contributed by atoms with Gasteiger partial charge in [-0.2, -0.15) is 4.98 Å². The van der Waals surface area contributed by atoms with Crippen molar-refractivity contribution in [1.82, 2.24) is 14.5 Å². The monoisotopic (exact) mass is 259 g/mol. The summed E-state index contributed by atoms with van der Waals surface area (Å²) >= 11 is 6.05. The minimum absolute atomic E-state index is 0.492. The minimum atomic E-state index is 0.492. The van der Waals surface area contributed by atoms with Gasteiger partial charge in [0.2, 0.25) is 0 Å². The molecular formula is C13H10ClN3O. The Morgan fingerprint density at radius 2 is 2.06 bits per heavy atom. The molecule has 0 aliphatic heterocycles. The van der Waals surface area contributed by atoms with Crippen molar-refractivity contribution in [2.24, 2.45) is 7.05 Å². The van der Waals surface area contributed by atoms with Gasteiger partial charge in [-0.15, -0.1) is 0 Å². The Morgan fingerprint density at radius 3 is 2.83 bits per heavy atom. The van der Waals surface area contributed by atoms with E-state index in [1.54, 1.807) is 24.5 Å². The lowest BCUT2D eigenvalue weighted by molar-refractivity contribution is 0.428. The van der Waals surface area contributed by atoms with Gasteiger partial charge >= 0.3 is 6.01 Å². The fraction of sp³-hybridized carbons (Fsp3) is 0.0769.